The zero-order chi connectivity index (χ0) is 18.7. The summed E-state index contributed by atoms with van der Waals surface area (Å²) in [5.74, 6) is 1.37. The minimum atomic E-state index is -0.218. The predicted octanol–water partition coefficient (Wildman–Crippen LogP) is 4.51. The third-order valence-corrected chi connectivity index (χ3v) is 5.59. The van der Waals surface area contributed by atoms with Gasteiger partial charge < -0.3 is 19.5 Å². The van der Waals surface area contributed by atoms with Gasteiger partial charge in [-0.2, -0.15) is 0 Å². The van der Waals surface area contributed by atoms with Crippen molar-refractivity contribution in [2.24, 2.45) is 0 Å². The number of ether oxygens (including phenoxy) is 3. The van der Waals surface area contributed by atoms with Crippen LogP contribution in [0.4, 0.5) is 0 Å². The number of carbonyl (C=O) groups excluding carboxylic acids is 1. The monoisotopic (exact) mass is 391 g/mol. The third-order valence-electron chi connectivity index (χ3n) is 3.92. The Morgan fingerprint density at radius 3 is 2.31 bits per heavy atom. The Kier molecular flexibility index (Phi) is 5.54. The van der Waals surface area contributed by atoms with Crippen LogP contribution in [0.1, 0.15) is 15.2 Å². The first-order valence-corrected chi connectivity index (χ1v) is 9.02. The molecule has 0 saturated heterocycles. The molecule has 0 bridgehead atoms. The lowest BCUT2D eigenvalue weighted by Crippen LogP contribution is -2.22. The van der Waals surface area contributed by atoms with Crippen LogP contribution in [0.5, 0.6) is 17.2 Å². The van der Waals surface area contributed by atoms with Gasteiger partial charge in [0.2, 0.25) is 5.75 Å². The number of halogens is 1. The van der Waals surface area contributed by atoms with Gasteiger partial charge in [-0.05, 0) is 23.8 Å². The van der Waals surface area contributed by atoms with Gasteiger partial charge in [-0.3, -0.25) is 4.79 Å². The van der Waals surface area contributed by atoms with Gasteiger partial charge in [0, 0.05) is 16.6 Å². The Morgan fingerprint density at radius 2 is 1.73 bits per heavy atom. The van der Waals surface area contributed by atoms with E-state index in [0.29, 0.717) is 33.7 Å². The van der Waals surface area contributed by atoms with Gasteiger partial charge >= 0.3 is 0 Å². The van der Waals surface area contributed by atoms with E-state index in [1.54, 1.807) is 33.5 Å². The van der Waals surface area contributed by atoms with E-state index >= 15 is 0 Å². The van der Waals surface area contributed by atoms with Gasteiger partial charge in [0.25, 0.3) is 5.91 Å². The Morgan fingerprint density at radius 1 is 1.08 bits per heavy atom. The number of hydrogen-bond donors (Lipinski definition) is 1. The third kappa shape index (κ3) is 3.43. The molecule has 26 heavy (non-hydrogen) atoms. The van der Waals surface area contributed by atoms with Crippen LogP contribution in [-0.4, -0.2) is 27.2 Å². The number of fused-ring (bicyclic) bond motifs is 1. The second kappa shape index (κ2) is 7.85. The quantitative estimate of drug-likeness (QED) is 0.671. The van der Waals surface area contributed by atoms with Crippen molar-refractivity contribution in [2.45, 2.75) is 6.54 Å². The van der Waals surface area contributed by atoms with E-state index in [1.807, 2.05) is 24.3 Å². The summed E-state index contributed by atoms with van der Waals surface area (Å²) in [6.07, 6.45) is 0. The molecule has 1 amide bonds. The van der Waals surface area contributed by atoms with Gasteiger partial charge in [0.1, 0.15) is 4.88 Å². The molecule has 0 radical (unpaired) electrons. The molecule has 1 N–H and O–H groups in total. The Labute approximate surface area is 160 Å². The Balaban J connectivity index is 1.82. The van der Waals surface area contributed by atoms with E-state index < -0.39 is 0 Å². The number of methoxy groups -OCH3 is 3. The van der Waals surface area contributed by atoms with Crippen molar-refractivity contribution in [1.29, 1.82) is 0 Å². The van der Waals surface area contributed by atoms with E-state index in [2.05, 4.69) is 5.32 Å². The van der Waals surface area contributed by atoms with Crippen molar-refractivity contribution in [3.05, 3.63) is 51.9 Å². The zero-order valence-electron chi connectivity index (χ0n) is 14.6. The zero-order valence-corrected chi connectivity index (χ0v) is 16.2. The molecule has 7 heteroatoms. The fourth-order valence-electron chi connectivity index (χ4n) is 2.66. The molecule has 3 aromatic rings. The highest BCUT2D eigenvalue weighted by atomic mass is 35.5. The van der Waals surface area contributed by atoms with Gasteiger partial charge in [0.05, 0.1) is 26.4 Å². The molecule has 3 rings (SSSR count). The molecule has 1 heterocycles. The highest BCUT2D eigenvalue weighted by molar-refractivity contribution is 7.21. The molecule has 0 aliphatic carbocycles. The average Bonchev–Trinajstić information content (AvgIpc) is 3.02. The molecule has 2 aromatic carbocycles. The first kappa shape index (κ1) is 18.4. The van der Waals surface area contributed by atoms with Crippen molar-refractivity contribution in [3.63, 3.8) is 0 Å². The Bertz CT molecular complexity index is 929. The normalized spacial score (nSPS) is 10.6. The van der Waals surface area contributed by atoms with Crippen molar-refractivity contribution in [3.8, 4) is 17.2 Å². The van der Waals surface area contributed by atoms with Crippen molar-refractivity contribution in [2.75, 3.05) is 21.3 Å². The largest absolute Gasteiger partial charge is 0.493 e. The highest BCUT2D eigenvalue weighted by Crippen LogP contribution is 2.38. The van der Waals surface area contributed by atoms with Crippen LogP contribution in [0, 0.1) is 0 Å². The number of hydrogen-bond acceptors (Lipinski definition) is 5. The summed E-state index contributed by atoms with van der Waals surface area (Å²) in [5, 5.41) is 4.26. The maximum absolute atomic E-state index is 12.6. The predicted molar refractivity (Wildman–Crippen MR) is 104 cm³/mol. The fourth-order valence-corrected chi connectivity index (χ4v) is 4.09. The first-order valence-electron chi connectivity index (χ1n) is 7.83. The van der Waals surface area contributed by atoms with Crippen LogP contribution in [0.3, 0.4) is 0 Å². The van der Waals surface area contributed by atoms with E-state index in [0.717, 1.165) is 15.6 Å². The SMILES string of the molecule is COc1cc(CNC(=O)c2sc3ccccc3c2Cl)cc(OC)c1OC. The van der Waals surface area contributed by atoms with E-state index in [1.165, 1.54) is 11.3 Å². The molecule has 0 saturated carbocycles. The summed E-state index contributed by atoms with van der Waals surface area (Å²) in [6, 6.07) is 11.3. The van der Waals surface area contributed by atoms with Crippen molar-refractivity contribution < 1.29 is 19.0 Å². The lowest BCUT2D eigenvalue weighted by molar-refractivity contribution is 0.0955. The standard InChI is InChI=1S/C19H18ClNO4S/c1-23-13-8-11(9-14(24-2)17(13)25-3)10-21-19(22)18-16(20)12-6-4-5-7-15(12)26-18/h4-9H,10H2,1-3H3,(H,21,22). The number of thiophene rings is 1. The van der Waals surface area contributed by atoms with Crippen LogP contribution in [0.15, 0.2) is 36.4 Å². The fraction of sp³-hybridized carbons (Fsp3) is 0.211. The maximum atomic E-state index is 12.6. The molecule has 5 nitrogen and oxygen atoms in total. The summed E-state index contributed by atoms with van der Waals surface area (Å²) in [7, 11) is 4.65. The molecule has 1 aromatic heterocycles. The van der Waals surface area contributed by atoms with E-state index in [4.69, 9.17) is 25.8 Å². The molecular weight excluding hydrogens is 374 g/mol. The van der Waals surface area contributed by atoms with Crippen molar-refractivity contribution >= 4 is 38.9 Å². The first-order chi connectivity index (χ1) is 12.6. The number of rotatable bonds is 6. The Hall–Kier alpha value is -2.44. The second-order valence-electron chi connectivity index (χ2n) is 5.46. The lowest BCUT2D eigenvalue weighted by Gasteiger charge is -2.14. The number of amides is 1. The minimum absolute atomic E-state index is 0.218. The van der Waals surface area contributed by atoms with Crippen LogP contribution in [-0.2, 0) is 6.54 Å². The molecule has 0 atom stereocenters. The average molecular weight is 392 g/mol. The molecule has 0 aliphatic heterocycles. The summed E-state index contributed by atoms with van der Waals surface area (Å²) in [4.78, 5) is 13.1. The van der Waals surface area contributed by atoms with Crippen LogP contribution in [0.2, 0.25) is 5.02 Å². The summed E-state index contributed by atoms with van der Waals surface area (Å²) < 4.78 is 17.0. The van der Waals surface area contributed by atoms with Crippen LogP contribution < -0.4 is 19.5 Å². The van der Waals surface area contributed by atoms with Gasteiger partial charge in [-0.25, -0.2) is 0 Å². The minimum Gasteiger partial charge on any atom is -0.493 e. The molecule has 0 unspecified atom stereocenters. The molecule has 0 fully saturated rings. The highest BCUT2D eigenvalue weighted by Gasteiger charge is 2.18. The molecular formula is C19H18ClNO4S. The smallest absolute Gasteiger partial charge is 0.263 e. The van der Waals surface area contributed by atoms with Gasteiger partial charge in [-0.1, -0.05) is 29.8 Å². The number of benzene rings is 2. The molecule has 0 spiro atoms. The van der Waals surface area contributed by atoms with E-state index in [-0.39, 0.29) is 5.91 Å². The van der Waals surface area contributed by atoms with Crippen molar-refractivity contribution in [1.82, 2.24) is 5.32 Å². The van der Waals surface area contributed by atoms with E-state index in [9.17, 15) is 4.79 Å². The van der Waals surface area contributed by atoms with Crippen LogP contribution in [0.25, 0.3) is 10.1 Å². The molecule has 136 valence electrons. The number of carbonyl (C=O) groups is 1. The summed E-state index contributed by atoms with van der Waals surface area (Å²) >= 11 is 7.74. The van der Waals surface area contributed by atoms with Gasteiger partial charge in [-0.15, -0.1) is 11.3 Å². The van der Waals surface area contributed by atoms with Gasteiger partial charge in [0.15, 0.2) is 11.5 Å². The second-order valence-corrected chi connectivity index (χ2v) is 6.89. The topological polar surface area (TPSA) is 56.8 Å². The number of nitrogens with one attached hydrogen (secondary N) is 1. The summed E-state index contributed by atoms with van der Waals surface area (Å²) in [6.45, 7) is 0.306. The maximum Gasteiger partial charge on any atom is 0.263 e. The molecule has 0 aliphatic rings. The lowest BCUT2D eigenvalue weighted by atomic mass is 10.1. The van der Waals surface area contributed by atoms with Crippen LogP contribution >= 0.6 is 22.9 Å². The summed E-state index contributed by atoms with van der Waals surface area (Å²) in [5.41, 5.74) is 0.824.